The molecule has 0 N–H and O–H groups in total. The quantitative estimate of drug-likeness (QED) is 0.747. The van der Waals surface area contributed by atoms with Gasteiger partial charge in [-0.1, -0.05) is 29.4 Å². The minimum atomic E-state index is -4.14. The Balaban J connectivity index is 2.18. The summed E-state index contributed by atoms with van der Waals surface area (Å²) in [6.07, 6.45) is -1.69. The van der Waals surface area contributed by atoms with Gasteiger partial charge in [0.1, 0.15) is 0 Å². The van der Waals surface area contributed by atoms with Gasteiger partial charge in [-0.05, 0) is 24.6 Å². The molecule has 1 aromatic carbocycles. The third-order valence-corrected chi connectivity index (χ3v) is 4.10. The monoisotopic (exact) mass is 320 g/mol. The zero-order valence-corrected chi connectivity index (χ0v) is 12.2. The van der Waals surface area contributed by atoms with Crippen LogP contribution in [0.3, 0.4) is 0 Å². The molecule has 0 fully saturated rings. The lowest BCUT2D eigenvalue weighted by molar-refractivity contribution is -0.129. The summed E-state index contributed by atoms with van der Waals surface area (Å²) >= 11 is 7.14. The lowest BCUT2D eigenvalue weighted by Crippen LogP contribution is -2.08. The fourth-order valence-corrected chi connectivity index (χ4v) is 2.81. The summed E-state index contributed by atoms with van der Waals surface area (Å²) < 4.78 is 38.3. The number of rotatable bonds is 4. The Bertz CT molecular complexity index is 596. The van der Waals surface area contributed by atoms with E-state index < -0.39 is 12.6 Å². The Morgan fingerprint density at radius 1 is 1.35 bits per heavy atom. The molecule has 0 radical (unpaired) electrons. The molecule has 0 saturated heterocycles. The zero-order valence-electron chi connectivity index (χ0n) is 10.6. The highest BCUT2D eigenvalue weighted by Gasteiger charge is 2.26. The number of halogens is 4. The van der Waals surface area contributed by atoms with Crippen LogP contribution in [0.4, 0.5) is 13.2 Å². The van der Waals surface area contributed by atoms with Gasteiger partial charge in [-0.3, -0.25) is 4.57 Å². The molecular formula is C13H12ClF3N2S. The Labute approximate surface area is 124 Å². The predicted molar refractivity (Wildman–Crippen MR) is 74.7 cm³/mol. The molecule has 20 heavy (non-hydrogen) atoms. The van der Waals surface area contributed by atoms with E-state index in [0.29, 0.717) is 10.2 Å². The van der Waals surface area contributed by atoms with Crippen molar-refractivity contribution in [1.82, 2.24) is 9.55 Å². The Hall–Kier alpha value is -1.14. The highest BCUT2D eigenvalue weighted by Crippen LogP contribution is 2.29. The third kappa shape index (κ3) is 3.70. The van der Waals surface area contributed by atoms with Crippen molar-refractivity contribution in [3.8, 4) is 5.69 Å². The number of alkyl halides is 3. The summed E-state index contributed by atoms with van der Waals surface area (Å²) in [5.74, 6) is -0.0554. The van der Waals surface area contributed by atoms with E-state index in [1.54, 1.807) is 29.1 Å². The van der Waals surface area contributed by atoms with Crippen LogP contribution in [0.5, 0.6) is 0 Å². The first-order valence-electron chi connectivity index (χ1n) is 5.87. The third-order valence-electron chi connectivity index (χ3n) is 2.72. The van der Waals surface area contributed by atoms with E-state index in [0.717, 1.165) is 23.0 Å². The van der Waals surface area contributed by atoms with Gasteiger partial charge < -0.3 is 0 Å². The number of thioether (sulfide) groups is 1. The van der Waals surface area contributed by atoms with Gasteiger partial charge in [-0.25, -0.2) is 4.98 Å². The maximum atomic E-state index is 12.2. The SMILES string of the molecule is Cc1c(Cl)cccc1-n1ccnc1SCCC(F)(F)F. The standard InChI is InChI=1S/C13H12ClF3N2S/c1-9-10(14)3-2-4-11(9)19-7-6-18-12(19)20-8-5-13(15,16)17/h2-4,6-7H,5,8H2,1H3. The van der Waals surface area contributed by atoms with E-state index in [9.17, 15) is 13.2 Å². The second kappa shape index (κ2) is 6.10. The molecule has 0 saturated carbocycles. The molecule has 1 aromatic heterocycles. The average molecular weight is 321 g/mol. The molecule has 0 spiro atoms. The van der Waals surface area contributed by atoms with Gasteiger partial charge in [-0.15, -0.1) is 0 Å². The lowest BCUT2D eigenvalue weighted by Gasteiger charge is -2.11. The summed E-state index contributed by atoms with van der Waals surface area (Å²) in [4.78, 5) is 4.10. The molecule has 0 atom stereocenters. The number of nitrogens with zero attached hydrogens (tertiary/aromatic N) is 2. The van der Waals surface area contributed by atoms with Gasteiger partial charge in [0.05, 0.1) is 12.1 Å². The fraction of sp³-hybridized carbons (Fsp3) is 0.308. The molecule has 0 bridgehead atoms. The van der Waals surface area contributed by atoms with Crippen molar-refractivity contribution in [2.45, 2.75) is 24.7 Å². The minimum absolute atomic E-state index is 0.0554. The largest absolute Gasteiger partial charge is 0.389 e. The van der Waals surface area contributed by atoms with Crippen LogP contribution in [0.15, 0.2) is 35.7 Å². The molecule has 0 aliphatic rings. The molecule has 2 nitrogen and oxygen atoms in total. The fourth-order valence-electron chi connectivity index (χ4n) is 1.69. The maximum absolute atomic E-state index is 12.2. The number of benzene rings is 1. The number of hydrogen-bond acceptors (Lipinski definition) is 2. The van der Waals surface area contributed by atoms with Crippen molar-refractivity contribution in [3.63, 3.8) is 0 Å². The van der Waals surface area contributed by atoms with Crippen molar-refractivity contribution in [2.75, 3.05) is 5.75 Å². The van der Waals surface area contributed by atoms with Crippen LogP contribution in [0.25, 0.3) is 5.69 Å². The minimum Gasteiger partial charge on any atom is -0.295 e. The summed E-state index contributed by atoms with van der Waals surface area (Å²) in [7, 11) is 0. The van der Waals surface area contributed by atoms with Gasteiger partial charge in [0.25, 0.3) is 0 Å². The summed E-state index contributed by atoms with van der Waals surface area (Å²) in [6, 6.07) is 5.43. The van der Waals surface area contributed by atoms with Crippen LogP contribution in [0.2, 0.25) is 5.02 Å². The molecule has 1 heterocycles. The Morgan fingerprint density at radius 3 is 2.80 bits per heavy atom. The van der Waals surface area contributed by atoms with Crippen LogP contribution in [0, 0.1) is 6.92 Å². The molecule has 7 heteroatoms. The molecule has 108 valence electrons. The van der Waals surface area contributed by atoms with Crippen molar-refractivity contribution in [3.05, 3.63) is 41.2 Å². The summed E-state index contributed by atoms with van der Waals surface area (Å²) in [5, 5.41) is 1.14. The van der Waals surface area contributed by atoms with Crippen LogP contribution in [0.1, 0.15) is 12.0 Å². The Morgan fingerprint density at radius 2 is 2.10 bits per heavy atom. The number of imidazole rings is 1. The first-order chi connectivity index (χ1) is 9.38. The molecule has 0 amide bonds. The van der Waals surface area contributed by atoms with Gasteiger partial charge in [-0.2, -0.15) is 13.2 Å². The molecule has 2 aromatic rings. The van der Waals surface area contributed by atoms with E-state index in [1.807, 2.05) is 13.0 Å². The lowest BCUT2D eigenvalue weighted by atomic mass is 10.2. The van der Waals surface area contributed by atoms with Crippen molar-refractivity contribution < 1.29 is 13.2 Å². The Kier molecular flexibility index (Phi) is 4.65. The van der Waals surface area contributed by atoms with Crippen molar-refractivity contribution in [2.24, 2.45) is 0 Å². The van der Waals surface area contributed by atoms with E-state index in [-0.39, 0.29) is 5.75 Å². The zero-order chi connectivity index (χ0) is 14.8. The van der Waals surface area contributed by atoms with Crippen molar-refractivity contribution in [1.29, 1.82) is 0 Å². The molecule has 2 rings (SSSR count). The van der Waals surface area contributed by atoms with Crippen LogP contribution in [-0.4, -0.2) is 21.5 Å². The first kappa shape index (κ1) is 15.3. The predicted octanol–water partition coefficient (Wildman–Crippen LogP) is 4.88. The topological polar surface area (TPSA) is 17.8 Å². The summed E-state index contributed by atoms with van der Waals surface area (Å²) in [6.45, 7) is 1.86. The number of hydrogen-bond donors (Lipinski definition) is 0. The van der Waals surface area contributed by atoms with Gasteiger partial charge in [0, 0.05) is 23.2 Å². The van der Waals surface area contributed by atoms with Gasteiger partial charge in [0.2, 0.25) is 0 Å². The second-order valence-corrected chi connectivity index (χ2v) is 5.65. The molecule has 0 aliphatic carbocycles. The van der Waals surface area contributed by atoms with E-state index in [2.05, 4.69) is 4.98 Å². The molecular weight excluding hydrogens is 309 g/mol. The molecule has 0 unspecified atom stereocenters. The number of aromatic nitrogens is 2. The van der Waals surface area contributed by atoms with Gasteiger partial charge in [0.15, 0.2) is 5.16 Å². The second-order valence-electron chi connectivity index (χ2n) is 4.18. The highest BCUT2D eigenvalue weighted by molar-refractivity contribution is 7.99. The van der Waals surface area contributed by atoms with E-state index >= 15 is 0 Å². The van der Waals surface area contributed by atoms with E-state index in [4.69, 9.17) is 11.6 Å². The van der Waals surface area contributed by atoms with Crippen LogP contribution in [-0.2, 0) is 0 Å². The highest BCUT2D eigenvalue weighted by atomic mass is 35.5. The first-order valence-corrected chi connectivity index (χ1v) is 7.23. The van der Waals surface area contributed by atoms with Crippen molar-refractivity contribution >= 4 is 23.4 Å². The van der Waals surface area contributed by atoms with Crippen LogP contribution >= 0.6 is 23.4 Å². The average Bonchev–Trinajstić information content (AvgIpc) is 2.79. The molecule has 0 aliphatic heterocycles. The summed E-state index contributed by atoms with van der Waals surface area (Å²) in [5.41, 5.74) is 1.69. The van der Waals surface area contributed by atoms with E-state index in [1.165, 1.54) is 0 Å². The maximum Gasteiger partial charge on any atom is 0.389 e. The smallest absolute Gasteiger partial charge is 0.295 e. The van der Waals surface area contributed by atoms with Gasteiger partial charge >= 0.3 is 6.18 Å². The van der Waals surface area contributed by atoms with Crippen LogP contribution < -0.4 is 0 Å². The normalized spacial score (nSPS) is 11.8.